The maximum atomic E-state index is 5.64. The fourth-order valence-electron chi connectivity index (χ4n) is 1.26. The second-order valence-corrected chi connectivity index (χ2v) is 3.92. The maximum Gasteiger partial charge on any atom is 0.128 e. The second-order valence-electron chi connectivity index (χ2n) is 3.92. The van der Waals surface area contributed by atoms with Crippen LogP contribution in [-0.4, -0.2) is 24.2 Å². The summed E-state index contributed by atoms with van der Waals surface area (Å²) in [4.78, 5) is 4.16. The van der Waals surface area contributed by atoms with Crippen molar-refractivity contribution in [2.45, 2.75) is 19.4 Å². The number of pyridine rings is 1. The third-order valence-electron chi connectivity index (χ3n) is 1.76. The molecule has 78 valence electrons. The third kappa shape index (κ3) is 3.22. The highest BCUT2D eigenvalue weighted by atomic mass is 16.5. The van der Waals surface area contributed by atoms with Crippen LogP contribution in [0.2, 0.25) is 0 Å². The van der Waals surface area contributed by atoms with Gasteiger partial charge in [0.15, 0.2) is 0 Å². The van der Waals surface area contributed by atoms with Gasteiger partial charge >= 0.3 is 0 Å². The molecule has 0 fully saturated rings. The Hall–Kier alpha value is -1.29. The number of hydrogen-bond acceptors (Lipinski definition) is 4. The molecule has 0 aliphatic heterocycles. The molecule has 1 aromatic heterocycles. The first-order valence-electron chi connectivity index (χ1n) is 4.52. The fourth-order valence-corrected chi connectivity index (χ4v) is 1.26. The van der Waals surface area contributed by atoms with E-state index < -0.39 is 0 Å². The Labute approximate surface area is 84.5 Å². The average molecular weight is 195 g/mol. The summed E-state index contributed by atoms with van der Waals surface area (Å²) in [6.07, 6.45) is 1.68. The molecule has 0 bridgehead atoms. The van der Waals surface area contributed by atoms with Crippen LogP contribution in [0, 0.1) is 0 Å². The molecule has 0 radical (unpaired) electrons. The second kappa shape index (κ2) is 4.28. The van der Waals surface area contributed by atoms with Crippen LogP contribution in [0.5, 0.6) is 0 Å². The summed E-state index contributed by atoms with van der Waals surface area (Å²) < 4.78 is 5.09. The molecule has 0 atom stereocenters. The summed E-state index contributed by atoms with van der Waals surface area (Å²) in [5.74, 6) is 0.770. The van der Waals surface area contributed by atoms with Gasteiger partial charge in [0.25, 0.3) is 0 Å². The lowest BCUT2D eigenvalue weighted by Gasteiger charge is -2.25. The summed E-state index contributed by atoms with van der Waals surface area (Å²) in [5, 5.41) is 3.24. The SMILES string of the molecule is COCC(C)(C)Nc1cc(N)ccn1. The Balaban J connectivity index is 2.68. The lowest BCUT2D eigenvalue weighted by molar-refractivity contribution is 0.158. The van der Waals surface area contributed by atoms with E-state index in [1.54, 1.807) is 25.4 Å². The van der Waals surface area contributed by atoms with Crippen molar-refractivity contribution in [2.75, 3.05) is 24.8 Å². The molecule has 0 saturated carbocycles. The largest absolute Gasteiger partial charge is 0.399 e. The standard InChI is InChI=1S/C10H17N3O/c1-10(2,7-14-3)13-9-6-8(11)4-5-12-9/h4-6H,7H2,1-3H3,(H3,11,12,13). The number of rotatable bonds is 4. The van der Waals surface area contributed by atoms with E-state index in [-0.39, 0.29) is 5.54 Å². The molecule has 1 aromatic rings. The van der Waals surface area contributed by atoms with Crippen molar-refractivity contribution >= 4 is 11.5 Å². The third-order valence-corrected chi connectivity index (χ3v) is 1.76. The summed E-state index contributed by atoms with van der Waals surface area (Å²) >= 11 is 0. The van der Waals surface area contributed by atoms with Gasteiger partial charge in [-0.05, 0) is 19.9 Å². The van der Waals surface area contributed by atoms with Crippen molar-refractivity contribution < 1.29 is 4.74 Å². The molecule has 0 spiro atoms. The number of nitrogens with one attached hydrogen (secondary N) is 1. The first-order valence-corrected chi connectivity index (χ1v) is 4.52. The molecular weight excluding hydrogens is 178 g/mol. The van der Waals surface area contributed by atoms with Crippen LogP contribution < -0.4 is 11.1 Å². The Morgan fingerprint density at radius 1 is 1.57 bits per heavy atom. The predicted octanol–water partition coefficient (Wildman–Crippen LogP) is 1.50. The first-order chi connectivity index (χ1) is 6.53. The molecule has 0 unspecified atom stereocenters. The van der Waals surface area contributed by atoms with Gasteiger partial charge in [0, 0.05) is 25.1 Å². The number of nitrogens with zero attached hydrogens (tertiary/aromatic N) is 1. The monoisotopic (exact) mass is 195 g/mol. The van der Waals surface area contributed by atoms with Crippen LogP contribution in [0.3, 0.4) is 0 Å². The van der Waals surface area contributed by atoms with Crippen molar-refractivity contribution in [1.29, 1.82) is 0 Å². The highest BCUT2D eigenvalue weighted by Crippen LogP contribution is 2.14. The number of methoxy groups -OCH3 is 1. The zero-order chi connectivity index (χ0) is 10.6. The number of ether oxygens (including phenoxy) is 1. The van der Waals surface area contributed by atoms with E-state index in [1.807, 2.05) is 13.8 Å². The molecule has 0 aliphatic rings. The topological polar surface area (TPSA) is 60.2 Å². The van der Waals surface area contributed by atoms with Gasteiger partial charge < -0.3 is 15.8 Å². The van der Waals surface area contributed by atoms with Gasteiger partial charge in [0.05, 0.1) is 12.1 Å². The number of anilines is 2. The molecule has 14 heavy (non-hydrogen) atoms. The zero-order valence-corrected chi connectivity index (χ0v) is 8.87. The quantitative estimate of drug-likeness (QED) is 0.764. The predicted molar refractivity (Wildman–Crippen MR) is 58.2 cm³/mol. The highest BCUT2D eigenvalue weighted by molar-refractivity contribution is 5.49. The van der Waals surface area contributed by atoms with Gasteiger partial charge in [0.1, 0.15) is 5.82 Å². The lowest BCUT2D eigenvalue weighted by Crippen LogP contribution is -2.36. The number of hydrogen-bond donors (Lipinski definition) is 2. The van der Waals surface area contributed by atoms with Gasteiger partial charge in [-0.2, -0.15) is 0 Å². The zero-order valence-electron chi connectivity index (χ0n) is 8.87. The molecule has 4 nitrogen and oxygen atoms in total. The molecule has 0 aromatic carbocycles. The van der Waals surface area contributed by atoms with E-state index in [0.29, 0.717) is 12.3 Å². The molecular formula is C10H17N3O. The average Bonchev–Trinajstić information content (AvgIpc) is 2.02. The van der Waals surface area contributed by atoms with Crippen molar-refractivity contribution in [3.05, 3.63) is 18.3 Å². The van der Waals surface area contributed by atoms with Crippen LogP contribution in [0.25, 0.3) is 0 Å². The van der Waals surface area contributed by atoms with Crippen molar-refractivity contribution in [3.8, 4) is 0 Å². The molecule has 0 amide bonds. The van der Waals surface area contributed by atoms with E-state index in [0.717, 1.165) is 5.82 Å². The molecule has 1 heterocycles. The van der Waals surface area contributed by atoms with E-state index in [9.17, 15) is 0 Å². The summed E-state index contributed by atoms with van der Waals surface area (Å²) in [6.45, 7) is 4.70. The van der Waals surface area contributed by atoms with E-state index in [1.165, 1.54) is 0 Å². The molecule has 3 N–H and O–H groups in total. The lowest BCUT2D eigenvalue weighted by atomic mass is 10.1. The fraction of sp³-hybridized carbons (Fsp3) is 0.500. The highest BCUT2D eigenvalue weighted by Gasteiger charge is 2.17. The van der Waals surface area contributed by atoms with Gasteiger partial charge in [-0.1, -0.05) is 0 Å². The minimum Gasteiger partial charge on any atom is -0.399 e. The molecule has 1 rings (SSSR count). The summed E-state index contributed by atoms with van der Waals surface area (Å²) in [7, 11) is 1.68. The first kappa shape index (κ1) is 10.8. The minimum atomic E-state index is -0.143. The van der Waals surface area contributed by atoms with Gasteiger partial charge in [0.2, 0.25) is 0 Å². The van der Waals surface area contributed by atoms with Gasteiger partial charge in [-0.25, -0.2) is 4.98 Å². The maximum absolute atomic E-state index is 5.64. The summed E-state index contributed by atoms with van der Waals surface area (Å²) in [6, 6.07) is 3.56. The van der Waals surface area contributed by atoms with Crippen LogP contribution in [0.4, 0.5) is 11.5 Å². The normalized spacial score (nSPS) is 11.4. The van der Waals surface area contributed by atoms with Crippen LogP contribution in [-0.2, 0) is 4.74 Å². The molecule has 0 saturated heterocycles. The Morgan fingerprint density at radius 2 is 2.29 bits per heavy atom. The van der Waals surface area contributed by atoms with Crippen LogP contribution in [0.15, 0.2) is 18.3 Å². The van der Waals surface area contributed by atoms with Crippen molar-refractivity contribution in [1.82, 2.24) is 4.98 Å². The Kier molecular flexibility index (Phi) is 3.30. The summed E-state index contributed by atoms with van der Waals surface area (Å²) in [5.41, 5.74) is 6.20. The van der Waals surface area contributed by atoms with E-state index in [2.05, 4.69) is 10.3 Å². The molecule has 0 aliphatic carbocycles. The smallest absolute Gasteiger partial charge is 0.128 e. The Morgan fingerprint density at radius 3 is 2.86 bits per heavy atom. The number of nitrogen functional groups attached to an aromatic ring is 1. The van der Waals surface area contributed by atoms with Crippen molar-refractivity contribution in [2.24, 2.45) is 0 Å². The van der Waals surface area contributed by atoms with Gasteiger partial charge in [-0.3, -0.25) is 0 Å². The Bertz CT molecular complexity index is 299. The number of aromatic nitrogens is 1. The number of nitrogens with two attached hydrogens (primary N) is 1. The van der Waals surface area contributed by atoms with Crippen molar-refractivity contribution in [3.63, 3.8) is 0 Å². The molecule has 4 heteroatoms. The van der Waals surface area contributed by atoms with Gasteiger partial charge in [-0.15, -0.1) is 0 Å². The van der Waals surface area contributed by atoms with E-state index >= 15 is 0 Å². The van der Waals surface area contributed by atoms with Crippen LogP contribution in [0.1, 0.15) is 13.8 Å². The van der Waals surface area contributed by atoms with Crippen LogP contribution >= 0.6 is 0 Å². The minimum absolute atomic E-state index is 0.143. The van der Waals surface area contributed by atoms with E-state index in [4.69, 9.17) is 10.5 Å².